The summed E-state index contributed by atoms with van der Waals surface area (Å²) in [5.41, 5.74) is 0.777. The highest BCUT2D eigenvalue weighted by Crippen LogP contribution is 2.30. The number of pyridine rings is 1. The van der Waals surface area contributed by atoms with Crippen LogP contribution in [-0.2, 0) is 0 Å². The highest BCUT2D eigenvalue weighted by Gasteiger charge is 2.06. The van der Waals surface area contributed by atoms with Crippen molar-refractivity contribution in [3.8, 4) is 5.75 Å². The van der Waals surface area contributed by atoms with Gasteiger partial charge in [0.15, 0.2) is 0 Å². The van der Waals surface area contributed by atoms with Crippen LogP contribution in [0.1, 0.15) is 0 Å². The fourth-order valence-electron chi connectivity index (χ4n) is 1.30. The van der Waals surface area contributed by atoms with E-state index in [1.54, 1.807) is 13.2 Å². The van der Waals surface area contributed by atoms with E-state index < -0.39 is 0 Å². The summed E-state index contributed by atoms with van der Waals surface area (Å²) in [5, 5.41) is 1.61. The van der Waals surface area contributed by atoms with Crippen molar-refractivity contribution in [1.29, 1.82) is 0 Å². The summed E-state index contributed by atoms with van der Waals surface area (Å²) in [6.07, 6.45) is 0. The molecule has 0 atom stereocenters. The Labute approximate surface area is 91.4 Å². The van der Waals surface area contributed by atoms with E-state index in [1.807, 2.05) is 18.2 Å². The molecule has 0 amide bonds. The van der Waals surface area contributed by atoms with Crippen LogP contribution in [-0.4, -0.2) is 12.1 Å². The molecule has 14 heavy (non-hydrogen) atoms. The Morgan fingerprint density at radius 1 is 1.29 bits per heavy atom. The van der Waals surface area contributed by atoms with Crippen LogP contribution in [0, 0.1) is 0 Å². The molecule has 0 bridgehead atoms. The molecule has 0 saturated heterocycles. The van der Waals surface area contributed by atoms with Gasteiger partial charge in [-0.25, -0.2) is 4.98 Å². The van der Waals surface area contributed by atoms with Gasteiger partial charge in [0.1, 0.15) is 10.9 Å². The number of aromatic nitrogens is 1. The van der Waals surface area contributed by atoms with Crippen molar-refractivity contribution in [2.45, 2.75) is 0 Å². The van der Waals surface area contributed by atoms with Crippen LogP contribution in [0.5, 0.6) is 5.75 Å². The van der Waals surface area contributed by atoms with E-state index in [-0.39, 0.29) is 0 Å². The Morgan fingerprint density at radius 2 is 2.07 bits per heavy atom. The van der Waals surface area contributed by atoms with E-state index in [0.717, 1.165) is 16.7 Å². The maximum Gasteiger partial charge on any atom is 0.148 e. The molecule has 4 heteroatoms. The predicted molar refractivity (Wildman–Crippen MR) is 58.3 cm³/mol. The van der Waals surface area contributed by atoms with Crippen LogP contribution in [0.3, 0.4) is 0 Å². The van der Waals surface area contributed by atoms with Crippen molar-refractivity contribution in [2.24, 2.45) is 0 Å². The molecule has 0 spiro atoms. The van der Waals surface area contributed by atoms with E-state index in [4.69, 9.17) is 27.9 Å². The second-order valence-electron chi connectivity index (χ2n) is 2.79. The quantitative estimate of drug-likeness (QED) is 0.696. The van der Waals surface area contributed by atoms with E-state index in [0.29, 0.717) is 10.2 Å². The van der Waals surface area contributed by atoms with Crippen LogP contribution in [0.25, 0.3) is 10.9 Å². The van der Waals surface area contributed by atoms with E-state index in [1.165, 1.54) is 0 Å². The van der Waals surface area contributed by atoms with Gasteiger partial charge in [-0.05, 0) is 18.2 Å². The Balaban J connectivity index is 2.81. The first-order valence-corrected chi connectivity index (χ1v) is 4.76. The van der Waals surface area contributed by atoms with Gasteiger partial charge in [-0.15, -0.1) is 0 Å². The first-order chi connectivity index (χ1) is 6.72. The maximum atomic E-state index is 5.87. The average Bonchev–Trinajstić information content (AvgIpc) is 2.19. The van der Waals surface area contributed by atoms with Gasteiger partial charge in [0.2, 0.25) is 0 Å². The monoisotopic (exact) mass is 227 g/mol. The number of nitrogens with zero attached hydrogens (tertiary/aromatic N) is 1. The van der Waals surface area contributed by atoms with Crippen molar-refractivity contribution in [2.75, 3.05) is 7.11 Å². The third-order valence-corrected chi connectivity index (χ3v) is 2.62. The minimum atomic E-state index is 0.312. The minimum Gasteiger partial charge on any atom is -0.496 e. The summed E-state index contributed by atoms with van der Waals surface area (Å²) in [6.45, 7) is 0. The molecule has 0 unspecified atom stereocenters. The molecule has 2 rings (SSSR count). The topological polar surface area (TPSA) is 22.1 Å². The van der Waals surface area contributed by atoms with E-state index >= 15 is 0 Å². The molecule has 0 N–H and O–H groups in total. The average molecular weight is 228 g/mol. The van der Waals surface area contributed by atoms with E-state index in [9.17, 15) is 0 Å². The molecule has 1 heterocycles. The molecular formula is C10H7Cl2NO. The molecule has 0 radical (unpaired) electrons. The lowest BCUT2D eigenvalue weighted by Gasteiger charge is -2.05. The number of fused-ring (bicyclic) bond motifs is 1. The Morgan fingerprint density at radius 3 is 2.79 bits per heavy atom. The van der Waals surface area contributed by atoms with Gasteiger partial charge >= 0.3 is 0 Å². The van der Waals surface area contributed by atoms with Crippen LogP contribution >= 0.6 is 23.2 Å². The van der Waals surface area contributed by atoms with Gasteiger partial charge in [0.05, 0.1) is 17.6 Å². The SMILES string of the molecule is COc1cccc2nc(Cl)c(Cl)cc12. The van der Waals surface area contributed by atoms with Crippen molar-refractivity contribution < 1.29 is 4.74 Å². The molecular weight excluding hydrogens is 221 g/mol. The van der Waals surface area contributed by atoms with Gasteiger partial charge < -0.3 is 4.74 Å². The highest BCUT2D eigenvalue weighted by molar-refractivity contribution is 6.41. The molecule has 0 aliphatic carbocycles. The zero-order valence-corrected chi connectivity index (χ0v) is 8.93. The molecule has 0 saturated carbocycles. The largest absolute Gasteiger partial charge is 0.496 e. The third-order valence-electron chi connectivity index (χ3n) is 1.95. The summed E-state index contributed by atoms with van der Waals surface area (Å²) < 4.78 is 5.18. The molecule has 0 aliphatic heterocycles. The predicted octanol–water partition coefficient (Wildman–Crippen LogP) is 3.55. The third kappa shape index (κ3) is 1.51. The molecule has 72 valence electrons. The molecule has 1 aromatic carbocycles. The normalized spacial score (nSPS) is 10.5. The van der Waals surface area contributed by atoms with Gasteiger partial charge in [-0.1, -0.05) is 29.3 Å². The van der Waals surface area contributed by atoms with Gasteiger partial charge in [-0.3, -0.25) is 0 Å². The first kappa shape index (κ1) is 9.56. The van der Waals surface area contributed by atoms with Crippen molar-refractivity contribution in [3.05, 3.63) is 34.4 Å². The number of hydrogen-bond acceptors (Lipinski definition) is 2. The number of halogens is 2. The van der Waals surface area contributed by atoms with Crippen molar-refractivity contribution >= 4 is 34.1 Å². The lowest BCUT2D eigenvalue weighted by molar-refractivity contribution is 0.420. The molecule has 2 aromatic rings. The van der Waals surface area contributed by atoms with Gasteiger partial charge in [0, 0.05) is 5.39 Å². The first-order valence-electron chi connectivity index (χ1n) is 4.01. The van der Waals surface area contributed by atoms with Gasteiger partial charge in [0.25, 0.3) is 0 Å². The Hall–Kier alpha value is -0.990. The zero-order valence-electron chi connectivity index (χ0n) is 7.42. The Kier molecular flexibility index (Phi) is 2.48. The lowest BCUT2D eigenvalue weighted by atomic mass is 10.2. The smallest absolute Gasteiger partial charge is 0.148 e. The number of rotatable bonds is 1. The molecule has 0 aliphatic rings. The van der Waals surface area contributed by atoms with Crippen LogP contribution in [0.2, 0.25) is 10.2 Å². The van der Waals surface area contributed by atoms with Gasteiger partial charge in [-0.2, -0.15) is 0 Å². The molecule has 2 nitrogen and oxygen atoms in total. The number of ether oxygens (including phenoxy) is 1. The summed E-state index contributed by atoms with van der Waals surface area (Å²) in [4.78, 5) is 4.14. The number of hydrogen-bond donors (Lipinski definition) is 0. The summed E-state index contributed by atoms with van der Waals surface area (Å²) >= 11 is 11.7. The minimum absolute atomic E-state index is 0.312. The fourth-order valence-corrected chi connectivity index (χ4v) is 1.60. The number of benzene rings is 1. The second-order valence-corrected chi connectivity index (χ2v) is 3.55. The fraction of sp³-hybridized carbons (Fsp3) is 0.100. The van der Waals surface area contributed by atoms with Crippen molar-refractivity contribution in [3.63, 3.8) is 0 Å². The zero-order chi connectivity index (χ0) is 10.1. The van der Waals surface area contributed by atoms with Crippen molar-refractivity contribution in [1.82, 2.24) is 4.98 Å². The van der Waals surface area contributed by atoms with Crippen LogP contribution in [0.15, 0.2) is 24.3 Å². The molecule has 0 fully saturated rings. The highest BCUT2D eigenvalue weighted by atomic mass is 35.5. The summed E-state index contributed by atoms with van der Waals surface area (Å²) in [6, 6.07) is 7.33. The standard InChI is InChI=1S/C10H7Cl2NO/c1-14-9-4-2-3-8-6(9)5-7(11)10(12)13-8/h2-5H,1H3. The maximum absolute atomic E-state index is 5.87. The summed E-state index contributed by atoms with van der Waals surface area (Å²) in [7, 11) is 1.61. The van der Waals surface area contributed by atoms with Crippen LogP contribution in [0.4, 0.5) is 0 Å². The lowest BCUT2D eigenvalue weighted by Crippen LogP contribution is -1.87. The van der Waals surface area contributed by atoms with E-state index in [2.05, 4.69) is 4.98 Å². The summed E-state index contributed by atoms with van der Waals surface area (Å²) in [5.74, 6) is 0.744. The molecule has 1 aromatic heterocycles. The second kappa shape index (κ2) is 3.64. The van der Waals surface area contributed by atoms with Crippen LogP contribution < -0.4 is 4.74 Å². The Bertz CT molecular complexity index is 485. The number of methoxy groups -OCH3 is 1.